The van der Waals surface area contributed by atoms with Crippen molar-refractivity contribution in [2.45, 2.75) is 26.4 Å². The van der Waals surface area contributed by atoms with Crippen LogP contribution in [0.3, 0.4) is 0 Å². The van der Waals surface area contributed by atoms with Gasteiger partial charge in [0.2, 0.25) is 0 Å². The predicted octanol–water partition coefficient (Wildman–Crippen LogP) is 2.42. The van der Waals surface area contributed by atoms with E-state index < -0.39 is 23.3 Å². The molecule has 20 heavy (non-hydrogen) atoms. The van der Waals surface area contributed by atoms with Gasteiger partial charge in [-0.1, -0.05) is 11.8 Å². The van der Waals surface area contributed by atoms with Crippen molar-refractivity contribution in [1.82, 2.24) is 5.32 Å². The van der Waals surface area contributed by atoms with E-state index in [9.17, 15) is 13.6 Å². The molecule has 4 nitrogen and oxygen atoms in total. The number of halogens is 2. The van der Waals surface area contributed by atoms with Gasteiger partial charge in [-0.2, -0.15) is 0 Å². The van der Waals surface area contributed by atoms with E-state index in [0.29, 0.717) is 0 Å². The highest BCUT2D eigenvalue weighted by atomic mass is 19.2. The number of rotatable bonds is 1. The second-order valence-electron chi connectivity index (χ2n) is 4.99. The van der Waals surface area contributed by atoms with Gasteiger partial charge in [0.1, 0.15) is 5.60 Å². The molecule has 1 amide bonds. The Kier molecular flexibility index (Phi) is 4.92. The number of benzene rings is 1. The van der Waals surface area contributed by atoms with Crippen LogP contribution in [0.2, 0.25) is 0 Å². The van der Waals surface area contributed by atoms with E-state index in [2.05, 4.69) is 17.2 Å². The number of amides is 1. The standard InChI is InChI=1S/C14H16F2N2O2/c1-14(2,3)20-13(19)18-8-4-5-9-6-7-10(17)12(16)11(9)15/h6-7H,8,17H2,1-3H3,(H,18,19). The van der Waals surface area contributed by atoms with Gasteiger partial charge in [0.25, 0.3) is 0 Å². The van der Waals surface area contributed by atoms with Gasteiger partial charge in [-0.3, -0.25) is 0 Å². The Morgan fingerprint density at radius 3 is 2.60 bits per heavy atom. The summed E-state index contributed by atoms with van der Waals surface area (Å²) >= 11 is 0. The average Bonchev–Trinajstić information content (AvgIpc) is 2.32. The molecule has 108 valence electrons. The third-order valence-electron chi connectivity index (χ3n) is 2.06. The second kappa shape index (κ2) is 6.24. The van der Waals surface area contributed by atoms with E-state index in [0.717, 1.165) is 0 Å². The minimum absolute atomic E-state index is 0.0413. The van der Waals surface area contributed by atoms with Crippen LogP contribution in [-0.4, -0.2) is 18.2 Å². The summed E-state index contributed by atoms with van der Waals surface area (Å²) in [5.41, 5.74) is 4.20. The van der Waals surface area contributed by atoms with Crippen molar-refractivity contribution in [1.29, 1.82) is 0 Å². The number of nitrogen functional groups attached to an aromatic ring is 1. The van der Waals surface area contributed by atoms with Crippen molar-refractivity contribution >= 4 is 11.8 Å². The third-order valence-corrected chi connectivity index (χ3v) is 2.06. The molecule has 0 saturated carbocycles. The Bertz CT molecular complexity index is 569. The van der Waals surface area contributed by atoms with Crippen molar-refractivity contribution in [3.8, 4) is 11.8 Å². The lowest BCUT2D eigenvalue weighted by molar-refractivity contribution is 0.0535. The van der Waals surface area contributed by atoms with Crippen molar-refractivity contribution in [3.05, 3.63) is 29.3 Å². The molecule has 3 N–H and O–H groups in total. The van der Waals surface area contributed by atoms with E-state index in [1.165, 1.54) is 12.1 Å². The molecule has 0 spiro atoms. The van der Waals surface area contributed by atoms with Crippen LogP contribution in [0.5, 0.6) is 0 Å². The third kappa shape index (κ3) is 4.76. The Morgan fingerprint density at radius 1 is 1.35 bits per heavy atom. The van der Waals surface area contributed by atoms with Gasteiger partial charge >= 0.3 is 6.09 Å². The first-order valence-corrected chi connectivity index (χ1v) is 5.90. The fourth-order valence-corrected chi connectivity index (χ4v) is 1.23. The zero-order chi connectivity index (χ0) is 15.3. The molecule has 0 aliphatic carbocycles. The smallest absolute Gasteiger partial charge is 0.408 e. The van der Waals surface area contributed by atoms with Crippen molar-refractivity contribution in [3.63, 3.8) is 0 Å². The normalized spacial score (nSPS) is 10.4. The fraction of sp³-hybridized carbons (Fsp3) is 0.357. The first-order chi connectivity index (χ1) is 9.20. The minimum atomic E-state index is -1.13. The van der Waals surface area contributed by atoms with Gasteiger partial charge in [0, 0.05) is 0 Å². The average molecular weight is 282 g/mol. The highest BCUT2D eigenvalue weighted by Crippen LogP contribution is 2.16. The Labute approximate surface area is 116 Å². The number of nitrogens with one attached hydrogen (secondary N) is 1. The van der Waals surface area contributed by atoms with Crippen LogP contribution < -0.4 is 11.1 Å². The molecule has 0 atom stereocenters. The van der Waals surface area contributed by atoms with Gasteiger partial charge in [0.05, 0.1) is 17.8 Å². The molecule has 0 aliphatic heterocycles. The fourth-order valence-electron chi connectivity index (χ4n) is 1.23. The van der Waals surface area contributed by atoms with Crippen molar-refractivity contribution in [2.24, 2.45) is 0 Å². The number of nitrogens with two attached hydrogens (primary N) is 1. The summed E-state index contributed by atoms with van der Waals surface area (Å²) in [6, 6.07) is 2.50. The molecule has 0 bridgehead atoms. The lowest BCUT2D eigenvalue weighted by atomic mass is 10.2. The summed E-state index contributed by atoms with van der Waals surface area (Å²) in [4.78, 5) is 11.3. The number of hydrogen-bond donors (Lipinski definition) is 2. The van der Waals surface area contributed by atoms with E-state index in [4.69, 9.17) is 10.5 Å². The monoisotopic (exact) mass is 282 g/mol. The molecular formula is C14H16F2N2O2. The Balaban J connectivity index is 2.60. The maximum absolute atomic E-state index is 13.4. The second-order valence-corrected chi connectivity index (χ2v) is 4.99. The number of anilines is 1. The zero-order valence-electron chi connectivity index (χ0n) is 11.5. The van der Waals surface area contributed by atoms with E-state index in [1.807, 2.05) is 0 Å². The quantitative estimate of drug-likeness (QED) is 0.614. The van der Waals surface area contributed by atoms with Gasteiger partial charge < -0.3 is 15.8 Å². The number of carbonyl (C=O) groups excluding carboxylic acids is 1. The van der Waals surface area contributed by atoms with E-state index in [1.54, 1.807) is 20.8 Å². The lowest BCUT2D eigenvalue weighted by Crippen LogP contribution is -2.32. The summed E-state index contributed by atoms with van der Waals surface area (Å²) in [5.74, 6) is 2.67. The maximum Gasteiger partial charge on any atom is 0.408 e. The molecule has 0 fully saturated rings. The number of hydrogen-bond acceptors (Lipinski definition) is 3. The topological polar surface area (TPSA) is 64.3 Å². The summed E-state index contributed by atoms with van der Waals surface area (Å²) in [6.45, 7) is 5.14. The molecule has 0 saturated heterocycles. The number of alkyl carbamates (subject to hydrolysis) is 1. The molecule has 0 radical (unpaired) electrons. The van der Waals surface area contributed by atoms with Crippen LogP contribution in [0, 0.1) is 23.5 Å². The Morgan fingerprint density at radius 2 is 2.00 bits per heavy atom. The van der Waals surface area contributed by atoms with Gasteiger partial charge in [-0.25, -0.2) is 13.6 Å². The molecule has 1 aromatic rings. The maximum atomic E-state index is 13.4. The van der Waals surface area contributed by atoms with Gasteiger partial charge in [-0.15, -0.1) is 0 Å². The van der Waals surface area contributed by atoms with Crippen LogP contribution in [0.4, 0.5) is 19.3 Å². The molecule has 1 aromatic carbocycles. The molecule has 6 heteroatoms. The summed E-state index contributed by atoms with van der Waals surface area (Å²) in [7, 11) is 0. The number of ether oxygens (including phenoxy) is 1. The predicted molar refractivity (Wildman–Crippen MR) is 71.9 cm³/mol. The lowest BCUT2D eigenvalue weighted by Gasteiger charge is -2.18. The molecule has 0 aliphatic rings. The first-order valence-electron chi connectivity index (χ1n) is 5.90. The zero-order valence-corrected chi connectivity index (χ0v) is 11.5. The molecule has 0 unspecified atom stereocenters. The minimum Gasteiger partial charge on any atom is -0.444 e. The van der Waals surface area contributed by atoms with Crippen LogP contribution in [-0.2, 0) is 4.74 Å². The first kappa shape index (κ1) is 15.8. The van der Waals surface area contributed by atoms with Gasteiger partial charge in [0.15, 0.2) is 11.6 Å². The van der Waals surface area contributed by atoms with Gasteiger partial charge in [-0.05, 0) is 32.9 Å². The van der Waals surface area contributed by atoms with E-state index >= 15 is 0 Å². The SMILES string of the molecule is CC(C)(C)OC(=O)NCC#Cc1ccc(N)c(F)c1F. The largest absolute Gasteiger partial charge is 0.444 e. The number of carbonyl (C=O) groups is 1. The van der Waals surface area contributed by atoms with Crippen molar-refractivity contribution in [2.75, 3.05) is 12.3 Å². The van der Waals surface area contributed by atoms with Crippen LogP contribution >= 0.6 is 0 Å². The highest BCUT2D eigenvalue weighted by Gasteiger charge is 2.15. The summed E-state index contributed by atoms with van der Waals surface area (Å²) < 4.78 is 31.5. The highest BCUT2D eigenvalue weighted by molar-refractivity contribution is 5.68. The summed E-state index contributed by atoms with van der Waals surface area (Å²) in [5, 5.41) is 2.38. The van der Waals surface area contributed by atoms with E-state index in [-0.39, 0.29) is 17.8 Å². The van der Waals surface area contributed by atoms with Crippen LogP contribution in [0.1, 0.15) is 26.3 Å². The summed E-state index contributed by atoms with van der Waals surface area (Å²) in [6.07, 6.45) is -0.629. The van der Waals surface area contributed by atoms with Crippen LogP contribution in [0.25, 0.3) is 0 Å². The molecule has 0 aromatic heterocycles. The molecule has 0 heterocycles. The van der Waals surface area contributed by atoms with Crippen molar-refractivity contribution < 1.29 is 18.3 Å². The Hall–Kier alpha value is -2.29. The molecule has 1 rings (SSSR count). The molecular weight excluding hydrogens is 266 g/mol. The van der Waals surface area contributed by atoms with Crippen LogP contribution in [0.15, 0.2) is 12.1 Å².